The fraction of sp³-hybridized carbons (Fsp3) is 0.120. The molecular formula is C25H22N4O12S2. The first-order valence-corrected chi connectivity index (χ1v) is 14.0. The van der Waals surface area contributed by atoms with E-state index in [2.05, 4.69) is 24.5 Å². The number of hydrogen-bond acceptors (Lipinski definition) is 13. The Kier molecular flexibility index (Phi) is 10.1. The average Bonchev–Trinajstić information content (AvgIpc) is 3.50. The highest BCUT2D eigenvalue weighted by atomic mass is 32.2. The summed E-state index contributed by atoms with van der Waals surface area (Å²) in [7, 11) is -2.03. The number of aromatic nitrogens is 2. The Hall–Kier alpha value is -4.40. The highest BCUT2D eigenvalue weighted by molar-refractivity contribution is 7.94. The van der Waals surface area contributed by atoms with Crippen LogP contribution in [-0.2, 0) is 50.2 Å². The third kappa shape index (κ3) is 7.16. The number of hydrazone groups is 1. The third-order valence-corrected chi connectivity index (χ3v) is 7.21. The van der Waals surface area contributed by atoms with Crippen LogP contribution in [0.15, 0.2) is 85.9 Å². The molecule has 0 saturated carbocycles. The SMILES string of the molecule is COOCc1[nH]n(-c2ccc(S(=O)(=O)O)cc2)c(=O)c1/C=C/C=C1\C(=O)N(c2ccc(SOOO)cc2)N=C1C(=O)OC. The Labute approximate surface area is 247 Å². The first-order chi connectivity index (χ1) is 20.6. The first kappa shape index (κ1) is 31.5. The standard InChI is InChI=1S/C25H22N4O12S2/c1-37-25(32)22-20(24(31)29(27-22)15-6-10-17(11-7-15)42-41-40-33)5-3-4-19-21(14-39-38-2)26-28(23(19)30)16-8-12-18(13-9-16)43(34,35)36/h3-13,26,33H,14H2,1-2H3,(H,34,35,36)/b4-3+,20-5-. The molecule has 1 aromatic heterocycles. The van der Waals surface area contributed by atoms with E-state index in [1.807, 2.05) is 0 Å². The average molecular weight is 635 g/mol. The largest absolute Gasteiger partial charge is 0.464 e. The highest BCUT2D eigenvalue weighted by Crippen LogP contribution is 2.28. The summed E-state index contributed by atoms with van der Waals surface area (Å²) in [5.74, 6) is -1.53. The molecule has 226 valence electrons. The number of carbonyl (C=O) groups excluding carboxylic acids is 2. The smallest absolute Gasteiger partial charge is 0.359 e. The number of esters is 1. The Morgan fingerprint density at radius 3 is 2.35 bits per heavy atom. The number of methoxy groups -OCH3 is 1. The number of H-pyrrole nitrogens is 1. The van der Waals surface area contributed by atoms with Crippen molar-refractivity contribution >= 4 is 51.5 Å². The molecule has 0 saturated heterocycles. The van der Waals surface area contributed by atoms with Crippen LogP contribution < -0.4 is 10.6 Å². The van der Waals surface area contributed by atoms with E-state index < -0.39 is 27.6 Å². The number of hydrogen-bond donors (Lipinski definition) is 3. The van der Waals surface area contributed by atoms with Gasteiger partial charge in [0, 0.05) is 4.90 Å². The van der Waals surface area contributed by atoms with Gasteiger partial charge in [0.1, 0.15) is 6.61 Å². The van der Waals surface area contributed by atoms with Gasteiger partial charge in [0.05, 0.1) is 59.4 Å². The van der Waals surface area contributed by atoms with Crippen LogP contribution in [0.4, 0.5) is 5.69 Å². The lowest BCUT2D eigenvalue weighted by Crippen LogP contribution is -2.22. The number of anilines is 1. The molecular weight excluding hydrogens is 612 g/mol. The van der Waals surface area contributed by atoms with Gasteiger partial charge in [0.25, 0.3) is 21.6 Å². The van der Waals surface area contributed by atoms with Gasteiger partial charge in [-0.2, -0.15) is 18.5 Å². The van der Waals surface area contributed by atoms with Crippen LogP contribution in [0.1, 0.15) is 11.3 Å². The summed E-state index contributed by atoms with van der Waals surface area (Å²) in [5.41, 5.74) is -0.0650. The summed E-state index contributed by atoms with van der Waals surface area (Å²) in [6.07, 6.45) is 4.00. The zero-order chi connectivity index (χ0) is 31.1. The first-order valence-electron chi connectivity index (χ1n) is 11.8. The van der Waals surface area contributed by atoms with Gasteiger partial charge in [0.2, 0.25) is 0 Å². The van der Waals surface area contributed by atoms with Crippen LogP contribution in [0.5, 0.6) is 0 Å². The van der Waals surface area contributed by atoms with E-state index in [0.717, 1.165) is 28.9 Å². The molecule has 0 spiro atoms. The number of carbonyl (C=O) groups is 2. The van der Waals surface area contributed by atoms with E-state index in [0.29, 0.717) is 22.6 Å². The number of rotatable bonds is 12. The molecule has 16 nitrogen and oxygen atoms in total. The van der Waals surface area contributed by atoms with Crippen LogP contribution in [0.2, 0.25) is 0 Å². The molecule has 1 aliphatic rings. The Balaban J connectivity index is 1.67. The monoisotopic (exact) mass is 634 g/mol. The van der Waals surface area contributed by atoms with Crippen molar-refractivity contribution in [3.05, 3.63) is 87.9 Å². The maximum atomic E-state index is 13.3. The van der Waals surface area contributed by atoms with E-state index in [9.17, 15) is 27.4 Å². The highest BCUT2D eigenvalue weighted by Gasteiger charge is 2.35. The summed E-state index contributed by atoms with van der Waals surface area (Å²) >= 11 is 0.713. The number of allylic oxidation sites excluding steroid dienone is 2. The van der Waals surface area contributed by atoms with Crippen LogP contribution in [-0.4, -0.2) is 59.8 Å². The van der Waals surface area contributed by atoms with Crippen molar-refractivity contribution in [1.29, 1.82) is 0 Å². The minimum absolute atomic E-state index is 0.0915. The molecule has 0 aliphatic carbocycles. The molecule has 2 aromatic carbocycles. The lowest BCUT2D eigenvalue weighted by atomic mass is 10.1. The van der Waals surface area contributed by atoms with E-state index in [1.165, 1.54) is 49.6 Å². The predicted octanol–water partition coefficient (Wildman–Crippen LogP) is 2.43. The van der Waals surface area contributed by atoms with E-state index >= 15 is 0 Å². The van der Waals surface area contributed by atoms with Gasteiger partial charge in [-0.25, -0.2) is 24.5 Å². The van der Waals surface area contributed by atoms with Crippen LogP contribution in [0.3, 0.4) is 0 Å². The second-order valence-electron chi connectivity index (χ2n) is 8.26. The Bertz CT molecular complexity index is 1760. The fourth-order valence-electron chi connectivity index (χ4n) is 3.77. The fourth-order valence-corrected chi connectivity index (χ4v) is 4.61. The van der Waals surface area contributed by atoms with Crippen LogP contribution in [0, 0.1) is 0 Å². The normalized spacial score (nSPS) is 14.6. The topological polar surface area (TPSA) is 208 Å². The maximum Gasteiger partial charge on any atom is 0.359 e. The zero-order valence-corrected chi connectivity index (χ0v) is 23.8. The molecule has 3 N–H and O–H groups in total. The number of nitrogens with zero attached hydrogens (tertiary/aromatic N) is 3. The van der Waals surface area contributed by atoms with E-state index in [-0.39, 0.29) is 39.7 Å². The molecule has 43 heavy (non-hydrogen) atoms. The minimum atomic E-state index is -4.44. The van der Waals surface area contributed by atoms with Gasteiger partial charge in [-0.15, -0.1) is 4.33 Å². The molecule has 4 rings (SSSR count). The third-order valence-electron chi connectivity index (χ3n) is 5.74. The van der Waals surface area contributed by atoms with Gasteiger partial charge in [-0.1, -0.05) is 11.1 Å². The molecule has 18 heteroatoms. The molecule has 0 atom stereocenters. The van der Waals surface area contributed by atoms with Crippen LogP contribution in [0.25, 0.3) is 11.8 Å². The van der Waals surface area contributed by atoms with Crippen molar-refractivity contribution in [2.24, 2.45) is 5.10 Å². The quantitative estimate of drug-likeness (QED) is 0.0654. The molecule has 0 fully saturated rings. The number of amides is 1. The van der Waals surface area contributed by atoms with Crippen molar-refractivity contribution in [3.63, 3.8) is 0 Å². The summed E-state index contributed by atoms with van der Waals surface area (Å²) in [6.45, 7) is -0.191. The van der Waals surface area contributed by atoms with Gasteiger partial charge in [-0.05, 0) is 60.7 Å². The van der Waals surface area contributed by atoms with Crippen molar-refractivity contribution in [2.75, 3.05) is 19.2 Å². The van der Waals surface area contributed by atoms with Crippen molar-refractivity contribution < 1.29 is 51.7 Å². The molecule has 1 aliphatic heterocycles. The molecule has 2 heterocycles. The molecule has 0 radical (unpaired) electrons. The summed E-state index contributed by atoms with van der Waals surface area (Å²) < 4.78 is 42.2. The molecule has 0 unspecified atom stereocenters. The predicted molar refractivity (Wildman–Crippen MR) is 149 cm³/mol. The second-order valence-corrected chi connectivity index (χ2v) is 10.5. The molecule has 0 bridgehead atoms. The minimum Gasteiger partial charge on any atom is -0.464 e. The number of nitrogens with one attached hydrogen (secondary N) is 1. The van der Waals surface area contributed by atoms with Crippen molar-refractivity contribution in [1.82, 2.24) is 9.78 Å². The lowest BCUT2D eigenvalue weighted by molar-refractivity contribution is -0.432. The summed E-state index contributed by atoms with van der Waals surface area (Å²) in [5, 5.41) is 19.8. The van der Waals surface area contributed by atoms with E-state index in [1.54, 1.807) is 12.1 Å². The molecule has 1 amide bonds. The molecule has 3 aromatic rings. The Morgan fingerprint density at radius 1 is 1.07 bits per heavy atom. The van der Waals surface area contributed by atoms with E-state index in [4.69, 9.17) is 14.9 Å². The van der Waals surface area contributed by atoms with Gasteiger partial charge >= 0.3 is 5.97 Å². The number of benzene rings is 2. The van der Waals surface area contributed by atoms with Gasteiger partial charge in [0.15, 0.2) is 5.71 Å². The number of aromatic amines is 1. The second kappa shape index (κ2) is 13.7. The van der Waals surface area contributed by atoms with Crippen molar-refractivity contribution in [2.45, 2.75) is 16.4 Å². The van der Waals surface area contributed by atoms with Gasteiger partial charge in [-0.3, -0.25) is 19.2 Å². The van der Waals surface area contributed by atoms with Crippen LogP contribution >= 0.6 is 12.0 Å². The summed E-state index contributed by atoms with van der Waals surface area (Å²) in [6, 6.07) is 11.0. The van der Waals surface area contributed by atoms with Gasteiger partial charge < -0.3 is 4.74 Å². The lowest BCUT2D eigenvalue weighted by Gasteiger charge is -2.11. The summed E-state index contributed by atoms with van der Waals surface area (Å²) in [4.78, 5) is 48.7. The number of ether oxygens (including phenoxy) is 1. The van der Waals surface area contributed by atoms with Crippen molar-refractivity contribution in [3.8, 4) is 5.69 Å². The zero-order valence-electron chi connectivity index (χ0n) is 22.2. The maximum absolute atomic E-state index is 13.3. The Morgan fingerprint density at radius 2 is 1.74 bits per heavy atom.